The number of carbonyl (C=O) groups is 1. The number of anilines is 1. The molecular weight excluding hydrogens is 971 g/mol. The molecule has 3 aliphatic rings. The minimum Gasteiger partial charge on any atom is -0.494 e. The molecule has 5 nitrogen and oxygen atoms in total. The highest BCUT2D eigenvalue weighted by Crippen LogP contribution is 2.58. The lowest BCUT2D eigenvalue weighted by Gasteiger charge is -2.38. The van der Waals surface area contributed by atoms with Crippen LogP contribution in [0.2, 0.25) is 0 Å². The van der Waals surface area contributed by atoms with Gasteiger partial charge in [0, 0.05) is 38.9 Å². The molecule has 0 bridgehead atoms. The summed E-state index contributed by atoms with van der Waals surface area (Å²) in [6.07, 6.45) is 11.4. The van der Waals surface area contributed by atoms with Gasteiger partial charge in [-0.3, -0.25) is 4.79 Å². The number of fused-ring (bicyclic) bond motifs is 8. The summed E-state index contributed by atoms with van der Waals surface area (Å²) in [5.41, 5.74) is 6.53. The van der Waals surface area contributed by atoms with Crippen LogP contribution >= 0.6 is 0 Å². The topological polar surface area (TPSA) is 67.8 Å². The van der Waals surface area contributed by atoms with Crippen LogP contribution in [0, 0.1) is 11.7 Å². The maximum atomic E-state index is 14.7. The molecule has 0 saturated heterocycles. The lowest BCUT2D eigenvalue weighted by molar-refractivity contribution is -0.137. The van der Waals surface area contributed by atoms with E-state index in [1.54, 1.807) is 19.1 Å². The van der Waals surface area contributed by atoms with Crippen LogP contribution in [0.15, 0.2) is 164 Å². The fourth-order valence-electron chi connectivity index (χ4n) is 12.1. The Morgan fingerprint density at radius 1 is 0.701 bits per heavy atom. The Labute approximate surface area is 448 Å². The van der Waals surface area contributed by atoms with Gasteiger partial charge in [0.25, 0.3) is 5.91 Å². The number of unbranched alkanes of at least 4 members (excludes halogenated alkanes) is 3. The Kier molecular flexibility index (Phi) is 14.2. The number of alkyl halides is 3. The number of hydrogen-bond acceptors (Lipinski definition) is 4. The van der Waals surface area contributed by atoms with Crippen LogP contribution in [-0.4, -0.2) is 17.6 Å². The summed E-state index contributed by atoms with van der Waals surface area (Å²) in [6, 6.07) is 46.7. The van der Waals surface area contributed by atoms with Crippen LogP contribution in [0.5, 0.6) is 11.5 Å². The fraction of sp³-hybridized carbons (Fsp3) is 0.279. The monoisotopic (exact) mass is 1030 g/mol. The molecule has 1 fully saturated rings. The van der Waals surface area contributed by atoms with Crippen LogP contribution in [0.25, 0.3) is 50.2 Å². The van der Waals surface area contributed by atoms with Crippen molar-refractivity contribution in [1.29, 1.82) is 0 Å². The zero-order valence-electron chi connectivity index (χ0n) is 43.8. The van der Waals surface area contributed by atoms with E-state index >= 15 is 0 Å². The molecule has 2 atom stereocenters. The van der Waals surface area contributed by atoms with Gasteiger partial charge in [-0.1, -0.05) is 143 Å². The molecule has 2 aliphatic carbocycles. The predicted octanol–water partition coefficient (Wildman–Crippen LogP) is 18.2. The molecule has 8 aromatic rings. The Hall–Kier alpha value is -7.49. The van der Waals surface area contributed by atoms with Gasteiger partial charge < -0.3 is 19.9 Å². The summed E-state index contributed by atoms with van der Waals surface area (Å²) in [6.45, 7) is 6.60. The average molecular weight is 1030 g/mol. The highest BCUT2D eigenvalue weighted by Gasteiger charge is 2.46. The van der Waals surface area contributed by atoms with Crippen molar-refractivity contribution < 1.29 is 36.9 Å². The van der Waals surface area contributed by atoms with E-state index in [1.807, 2.05) is 103 Å². The van der Waals surface area contributed by atoms with E-state index in [1.165, 1.54) is 75.1 Å². The molecule has 0 aromatic heterocycles. The van der Waals surface area contributed by atoms with Crippen molar-refractivity contribution in [2.75, 3.05) is 11.9 Å². The number of rotatable bonds is 15. The van der Waals surface area contributed by atoms with Gasteiger partial charge in [0.1, 0.15) is 22.9 Å². The Balaban J connectivity index is 0.860. The number of amides is 1. The van der Waals surface area contributed by atoms with E-state index in [2.05, 4.69) is 43.4 Å². The summed E-state index contributed by atoms with van der Waals surface area (Å²) in [7, 11) is 0. The summed E-state index contributed by atoms with van der Waals surface area (Å²) < 4.78 is 71.6. The second kappa shape index (κ2) is 21.1. The van der Waals surface area contributed by atoms with Gasteiger partial charge in [-0.05, 0) is 174 Å². The minimum atomic E-state index is -4.67. The summed E-state index contributed by atoms with van der Waals surface area (Å²) in [5.74, 6) is 1.64. The van der Waals surface area contributed by atoms with E-state index in [-0.39, 0.29) is 17.0 Å². The molecule has 0 radical (unpaired) electrons. The van der Waals surface area contributed by atoms with Gasteiger partial charge in [-0.25, -0.2) is 4.39 Å². The molecule has 77 heavy (non-hydrogen) atoms. The SMILES string of the molecule is CCCCC[C@H]1CC[C@H](c2ccc(-c3ccc(C(=O)Nc4ccc(-c5ccc6c(c5)-c5c(c7c(c8cc(C(F)(F)F)ccc58)OC(c5ccc(F)cc5)(c5ccc(OCCCC)cc5)C=C7)C6(C)O)cc4)cc3)cc2)CC1. The number of aliphatic hydroxyl groups is 1. The van der Waals surface area contributed by atoms with E-state index in [9.17, 15) is 27.5 Å². The van der Waals surface area contributed by atoms with Gasteiger partial charge in [-0.2, -0.15) is 13.2 Å². The third kappa shape index (κ3) is 10.1. The second-order valence-electron chi connectivity index (χ2n) is 21.4. The smallest absolute Gasteiger partial charge is 0.416 e. The van der Waals surface area contributed by atoms with Gasteiger partial charge in [0.15, 0.2) is 5.60 Å². The van der Waals surface area contributed by atoms with Crippen molar-refractivity contribution in [3.8, 4) is 44.9 Å². The summed E-state index contributed by atoms with van der Waals surface area (Å²) >= 11 is 0. The molecule has 0 spiro atoms. The molecule has 1 amide bonds. The van der Waals surface area contributed by atoms with Crippen LogP contribution in [0.3, 0.4) is 0 Å². The number of hydrogen-bond donors (Lipinski definition) is 2. The molecule has 9 heteroatoms. The molecule has 392 valence electrons. The van der Waals surface area contributed by atoms with Gasteiger partial charge in [0.05, 0.1) is 12.2 Å². The molecule has 2 unspecified atom stereocenters. The Morgan fingerprint density at radius 2 is 1.32 bits per heavy atom. The molecule has 1 aliphatic heterocycles. The number of halogens is 4. The lowest BCUT2D eigenvalue weighted by atomic mass is 9.77. The van der Waals surface area contributed by atoms with E-state index in [0.717, 1.165) is 53.1 Å². The Morgan fingerprint density at radius 3 is 1.99 bits per heavy atom. The molecule has 2 N–H and O–H groups in total. The molecule has 1 heterocycles. The minimum absolute atomic E-state index is 0.159. The maximum Gasteiger partial charge on any atom is 0.416 e. The summed E-state index contributed by atoms with van der Waals surface area (Å²) in [4.78, 5) is 13.5. The van der Waals surface area contributed by atoms with Crippen molar-refractivity contribution in [3.05, 3.63) is 214 Å². The third-order valence-electron chi connectivity index (χ3n) is 16.4. The van der Waals surface area contributed by atoms with Crippen molar-refractivity contribution >= 4 is 28.4 Å². The van der Waals surface area contributed by atoms with E-state index in [0.29, 0.717) is 73.9 Å². The standard InChI is InChI=1S/C68H63F4NO4/c1-4-6-8-9-43-10-12-44(13-11-43)45-14-16-46(17-15-45)47-18-20-49(21-19-47)65(74)73-55-32-22-48(23-33-55)50-24-37-61-60(41-50)62-57-36-29-53(68(70,71)72)42-59(57)64-58(63(62)66(61,3)75)38-39-67(77-64,51-25-30-54(69)31-26-51)52-27-34-56(35-28-52)76-40-7-5-2/h14-39,41-44,75H,4-13,40H2,1-3H3,(H,73,74)/t43-,44-,66?,67?. The van der Waals surface area contributed by atoms with Crippen molar-refractivity contribution in [1.82, 2.24) is 0 Å². The van der Waals surface area contributed by atoms with E-state index < -0.39 is 28.8 Å². The summed E-state index contributed by atoms with van der Waals surface area (Å²) in [5, 5.41) is 16.4. The lowest BCUT2D eigenvalue weighted by Crippen LogP contribution is -2.35. The second-order valence-corrected chi connectivity index (χ2v) is 21.4. The fourth-order valence-corrected chi connectivity index (χ4v) is 12.1. The first kappa shape index (κ1) is 51.6. The van der Waals surface area contributed by atoms with E-state index in [4.69, 9.17) is 9.47 Å². The molecular formula is C68H63F4NO4. The van der Waals surface area contributed by atoms with Crippen LogP contribution in [-0.2, 0) is 17.4 Å². The van der Waals surface area contributed by atoms with Gasteiger partial charge in [-0.15, -0.1) is 0 Å². The first-order valence-corrected chi connectivity index (χ1v) is 27.3. The van der Waals surface area contributed by atoms with Crippen molar-refractivity contribution in [2.24, 2.45) is 5.92 Å². The zero-order chi connectivity index (χ0) is 53.5. The maximum absolute atomic E-state index is 14.7. The normalized spacial score (nSPS) is 19.5. The first-order valence-electron chi connectivity index (χ1n) is 27.3. The number of nitrogens with one attached hydrogen (secondary N) is 1. The quantitative estimate of drug-likeness (QED) is 0.0793. The number of carbonyl (C=O) groups excluding carboxylic acids is 1. The molecule has 1 saturated carbocycles. The van der Waals surface area contributed by atoms with Crippen LogP contribution in [0.4, 0.5) is 23.2 Å². The highest BCUT2D eigenvalue weighted by molar-refractivity contribution is 6.09. The third-order valence-corrected chi connectivity index (χ3v) is 16.4. The van der Waals surface area contributed by atoms with Crippen molar-refractivity contribution in [3.63, 3.8) is 0 Å². The first-order chi connectivity index (χ1) is 37.2. The predicted molar refractivity (Wildman–Crippen MR) is 301 cm³/mol. The largest absolute Gasteiger partial charge is 0.494 e. The highest BCUT2D eigenvalue weighted by atomic mass is 19.4. The molecule has 11 rings (SSSR count). The van der Waals surface area contributed by atoms with Crippen LogP contribution < -0.4 is 14.8 Å². The average Bonchev–Trinajstić information content (AvgIpc) is 3.99. The zero-order valence-corrected chi connectivity index (χ0v) is 43.8. The van der Waals surface area contributed by atoms with Crippen LogP contribution in [0.1, 0.15) is 140 Å². The number of ether oxygens (including phenoxy) is 2. The van der Waals surface area contributed by atoms with Gasteiger partial charge >= 0.3 is 6.18 Å². The van der Waals surface area contributed by atoms with Crippen molar-refractivity contribution in [2.45, 2.75) is 108 Å². The number of benzene rings is 8. The Bertz CT molecular complexity index is 3470. The molecule has 8 aromatic carbocycles. The van der Waals surface area contributed by atoms with Gasteiger partial charge in [0.2, 0.25) is 0 Å².